The van der Waals surface area contributed by atoms with Crippen LogP contribution in [0.5, 0.6) is 0 Å². The molecule has 0 aliphatic carbocycles. The molecule has 0 saturated carbocycles. The van der Waals surface area contributed by atoms with Crippen LogP contribution in [0.15, 0.2) is 40.4 Å². The van der Waals surface area contributed by atoms with Gasteiger partial charge in [-0.3, -0.25) is 4.98 Å². The summed E-state index contributed by atoms with van der Waals surface area (Å²) in [5.41, 5.74) is 1.58. The molecule has 0 amide bonds. The van der Waals surface area contributed by atoms with Crippen LogP contribution in [-0.2, 0) is 6.42 Å². The molecule has 2 aromatic heterocycles. The molecule has 5 nitrogen and oxygen atoms in total. The maximum Gasteiger partial charge on any atom is 0.273 e. The SMILES string of the molecule is O/N=C/c1coc(C#CCCc2cccnc2)n1. The topological polar surface area (TPSA) is 71.5 Å². The molecule has 0 radical (unpaired) electrons. The van der Waals surface area contributed by atoms with Gasteiger partial charge in [-0.15, -0.1) is 0 Å². The summed E-state index contributed by atoms with van der Waals surface area (Å²) < 4.78 is 5.07. The largest absolute Gasteiger partial charge is 0.438 e. The van der Waals surface area contributed by atoms with Crippen LogP contribution in [-0.4, -0.2) is 21.4 Å². The fourth-order valence-corrected chi connectivity index (χ4v) is 1.35. The Bertz CT molecular complexity index is 579. The lowest BCUT2D eigenvalue weighted by Crippen LogP contribution is -1.84. The minimum atomic E-state index is 0.316. The van der Waals surface area contributed by atoms with Gasteiger partial charge in [0.25, 0.3) is 5.89 Å². The van der Waals surface area contributed by atoms with Gasteiger partial charge in [0.05, 0.1) is 6.21 Å². The van der Waals surface area contributed by atoms with E-state index in [-0.39, 0.29) is 0 Å². The third kappa shape index (κ3) is 3.46. The summed E-state index contributed by atoms with van der Waals surface area (Å²) in [7, 11) is 0. The molecule has 0 aliphatic heterocycles. The predicted molar refractivity (Wildman–Crippen MR) is 65.3 cm³/mol. The van der Waals surface area contributed by atoms with Crippen molar-refractivity contribution < 1.29 is 9.62 Å². The highest BCUT2D eigenvalue weighted by molar-refractivity contribution is 5.75. The Morgan fingerprint density at radius 2 is 2.44 bits per heavy atom. The lowest BCUT2D eigenvalue weighted by molar-refractivity contribution is 0.321. The third-order valence-corrected chi connectivity index (χ3v) is 2.17. The fourth-order valence-electron chi connectivity index (χ4n) is 1.35. The van der Waals surface area contributed by atoms with Crippen LogP contribution >= 0.6 is 0 Å². The number of hydrogen-bond acceptors (Lipinski definition) is 5. The molecular formula is C13H11N3O2. The van der Waals surface area contributed by atoms with E-state index in [1.54, 1.807) is 6.20 Å². The molecule has 0 bridgehead atoms. The zero-order valence-corrected chi connectivity index (χ0v) is 9.58. The van der Waals surface area contributed by atoms with Crippen molar-refractivity contribution in [3.05, 3.63) is 47.9 Å². The first-order valence-corrected chi connectivity index (χ1v) is 5.39. The second-order valence-electron chi connectivity index (χ2n) is 3.49. The first-order valence-electron chi connectivity index (χ1n) is 5.39. The highest BCUT2D eigenvalue weighted by Crippen LogP contribution is 2.00. The Kier molecular flexibility index (Phi) is 4.09. The van der Waals surface area contributed by atoms with E-state index in [9.17, 15) is 0 Å². The molecule has 0 spiro atoms. The minimum Gasteiger partial charge on any atom is -0.438 e. The molecule has 90 valence electrons. The van der Waals surface area contributed by atoms with Crippen molar-refractivity contribution in [2.24, 2.45) is 5.16 Å². The zero-order chi connectivity index (χ0) is 12.6. The number of oxime groups is 1. The number of aromatic nitrogens is 2. The van der Waals surface area contributed by atoms with Gasteiger partial charge in [-0.2, -0.15) is 0 Å². The summed E-state index contributed by atoms with van der Waals surface area (Å²) >= 11 is 0. The van der Waals surface area contributed by atoms with Crippen LogP contribution < -0.4 is 0 Å². The molecule has 5 heteroatoms. The average Bonchev–Trinajstić information content (AvgIpc) is 2.84. The van der Waals surface area contributed by atoms with Gasteiger partial charge >= 0.3 is 0 Å². The molecule has 0 fully saturated rings. The van der Waals surface area contributed by atoms with Crippen LogP contribution in [0.3, 0.4) is 0 Å². The number of rotatable bonds is 3. The van der Waals surface area contributed by atoms with Crippen molar-refractivity contribution in [2.45, 2.75) is 12.8 Å². The fraction of sp³-hybridized carbons (Fsp3) is 0.154. The van der Waals surface area contributed by atoms with Crippen molar-refractivity contribution in [3.8, 4) is 11.8 Å². The summed E-state index contributed by atoms with van der Waals surface area (Å²) in [5, 5.41) is 11.2. The van der Waals surface area contributed by atoms with Crippen LogP contribution in [0.25, 0.3) is 0 Å². The lowest BCUT2D eigenvalue weighted by atomic mass is 10.2. The molecule has 0 aromatic carbocycles. The Hall–Kier alpha value is -2.61. The summed E-state index contributed by atoms with van der Waals surface area (Å²) in [6, 6.07) is 3.91. The summed E-state index contributed by atoms with van der Waals surface area (Å²) in [6.45, 7) is 0. The van der Waals surface area contributed by atoms with E-state index in [1.807, 2.05) is 18.3 Å². The van der Waals surface area contributed by atoms with Crippen LogP contribution in [0, 0.1) is 11.8 Å². The Labute approximate surface area is 104 Å². The summed E-state index contributed by atoms with van der Waals surface area (Å²) in [5.74, 6) is 6.08. The van der Waals surface area contributed by atoms with E-state index < -0.39 is 0 Å². The highest BCUT2D eigenvalue weighted by atomic mass is 16.4. The van der Waals surface area contributed by atoms with Gasteiger partial charge < -0.3 is 9.62 Å². The van der Waals surface area contributed by atoms with Crippen LogP contribution in [0.1, 0.15) is 23.6 Å². The zero-order valence-electron chi connectivity index (χ0n) is 9.58. The number of nitrogens with zero attached hydrogens (tertiary/aromatic N) is 3. The van der Waals surface area contributed by atoms with Gasteiger partial charge in [-0.05, 0) is 24.0 Å². The lowest BCUT2D eigenvalue weighted by Gasteiger charge is -1.93. The van der Waals surface area contributed by atoms with Gasteiger partial charge in [-0.25, -0.2) is 4.98 Å². The van der Waals surface area contributed by atoms with Gasteiger partial charge in [0, 0.05) is 18.8 Å². The quantitative estimate of drug-likeness (QED) is 0.385. The molecule has 1 N–H and O–H groups in total. The van der Waals surface area contributed by atoms with Gasteiger partial charge in [0.1, 0.15) is 12.0 Å². The Morgan fingerprint density at radius 1 is 1.50 bits per heavy atom. The molecule has 2 rings (SSSR count). The van der Waals surface area contributed by atoms with E-state index in [4.69, 9.17) is 9.62 Å². The molecular weight excluding hydrogens is 230 g/mol. The molecule has 0 aliphatic rings. The maximum absolute atomic E-state index is 8.31. The van der Waals surface area contributed by atoms with Crippen molar-refractivity contribution >= 4 is 6.21 Å². The second-order valence-corrected chi connectivity index (χ2v) is 3.49. The number of aryl methyl sites for hydroxylation is 1. The molecule has 0 unspecified atom stereocenters. The van der Waals surface area contributed by atoms with E-state index in [0.717, 1.165) is 12.0 Å². The van der Waals surface area contributed by atoms with E-state index >= 15 is 0 Å². The highest BCUT2D eigenvalue weighted by Gasteiger charge is 1.97. The Balaban J connectivity index is 1.88. The van der Waals surface area contributed by atoms with Crippen LogP contribution in [0.2, 0.25) is 0 Å². The van der Waals surface area contributed by atoms with E-state index in [0.29, 0.717) is 18.0 Å². The van der Waals surface area contributed by atoms with E-state index in [1.165, 1.54) is 12.5 Å². The van der Waals surface area contributed by atoms with Gasteiger partial charge in [0.2, 0.25) is 0 Å². The number of hydrogen-bond donors (Lipinski definition) is 1. The molecule has 18 heavy (non-hydrogen) atoms. The smallest absolute Gasteiger partial charge is 0.273 e. The van der Waals surface area contributed by atoms with E-state index in [2.05, 4.69) is 27.0 Å². The first-order chi connectivity index (χ1) is 8.88. The Morgan fingerprint density at radius 3 is 3.22 bits per heavy atom. The van der Waals surface area contributed by atoms with Gasteiger partial charge in [0.15, 0.2) is 0 Å². The predicted octanol–water partition coefficient (Wildman–Crippen LogP) is 1.86. The first kappa shape index (κ1) is 11.9. The average molecular weight is 241 g/mol. The standard InChI is InChI=1S/C13H11N3O2/c17-15-9-12-10-18-13(16-12)6-2-1-4-11-5-3-7-14-8-11/h3,5,7-10,17H,1,4H2/b15-9+. The van der Waals surface area contributed by atoms with Crippen molar-refractivity contribution in [2.75, 3.05) is 0 Å². The maximum atomic E-state index is 8.31. The summed E-state index contributed by atoms with van der Waals surface area (Å²) in [6.07, 6.45) is 7.67. The molecule has 0 saturated heterocycles. The third-order valence-electron chi connectivity index (χ3n) is 2.17. The van der Waals surface area contributed by atoms with Crippen molar-refractivity contribution in [1.82, 2.24) is 9.97 Å². The summed E-state index contributed by atoms with van der Waals surface area (Å²) in [4.78, 5) is 8.01. The number of pyridine rings is 1. The molecule has 0 atom stereocenters. The normalized spacial score (nSPS) is 10.2. The van der Waals surface area contributed by atoms with Crippen molar-refractivity contribution in [3.63, 3.8) is 0 Å². The second kappa shape index (κ2) is 6.21. The monoisotopic (exact) mass is 241 g/mol. The molecule has 2 heterocycles. The van der Waals surface area contributed by atoms with Gasteiger partial charge in [-0.1, -0.05) is 17.1 Å². The minimum absolute atomic E-state index is 0.316. The van der Waals surface area contributed by atoms with Crippen molar-refractivity contribution in [1.29, 1.82) is 0 Å². The van der Waals surface area contributed by atoms with Crippen LogP contribution in [0.4, 0.5) is 0 Å². The molecule has 2 aromatic rings. The number of oxazole rings is 1.